The molecule has 2 aromatic rings. The molecule has 0 fully saturated rings. The van der Waals surface area contributed by atoms with E-state index in [9.17, 15) is 4.79 Å². The summed E-state index contributed by atoms with van der Waals surface area (Å²) in [5.74, 6) is 1.98. The van der Waals surface area contributed by atoms with Crippen molar-refractivity contribution < 1.29 is 4.79 Å². The third-order valence-corrected chi connectivity index (χ3v) is 2.31. The van der Waals surface area contributed by atoms with Crippen molar-refractivity contribution in [2.24, 2.45) is 0 Å². The highest BCUT2D eigenvalue weighted by Crippen LogP contribution is 2.16. The summed E-state index contributed by atoms with van der Waals surface area (Å²) in [4.78, 5) is 23.4. The molecule has 0 saturated heterocycles. The molecule has 6 nitrogen and oxygen atoms in total. The molecule has 19 heavy (non-hydrogen) atoms. The number of aryl methyl sites for hydroxylation is 1. The van der Waals surface area contributed by atoms with E-state index < -0.39 is 0 Å². The zero-order chi connectivity index (χ0) is 13.7. The van der Waals surface area contributed by atoms with Gasteiger partial charge >= 0.3 is 0 Å². The average Bonchev–Trinajstić information content (AvgIpc) is 2.37. The molecule has 0 aliphatic heterocycles. The average molecular weight is 257 g/mol. The van der Waals surface area contributed by atoms with Crippen LogP contribution in [0, 0.1) is 6.92 Å². The highest BCUT2D eigenvalue weighted by Gasteiger charge is 2.03. The van der Waals surface area contributed by atoms with Crippen LogP contribution in [0.25, 0.3) is 0 Å². The van der Waals surface area contributed by atoms with E-state index in [1.807, 2.05) is 12.1 Å². The first-order chi connectivity index (χ1) is 9.13. The molecule has 0 saturated carbocycles. The lowest BCUT2D eigenvalue weighted by atomic mass is 10.4. The number of nitrogens with zero attached hydrogens (tertiary/aromatic N) is 3. The first-order valence-corrected chi connectivity index (χ1v) is 5.89. The second kappa shape index (κ2) is 5.90. The number of Topliss-reactive ketones (excluding diaryl/α,β-unsaturated/α-hetero) is 1. The summed E-state index contributed by atoms with van der Waals surface area (Å²) in [6, 6.07) is 5.45. The minimum absolute atomic E-state index is 0.0555. The summed E-state index contributed by atoms with van der Waals surface area (Å²) < 4.78 is 0. The molecular formula is C13H15N5O. The van der Waals surface area contributed by atoms with Crippen LogP contribution in [-0.4, -0.2) is 27.3 Å². The van der Waals surface area contributed by atoms with Crippen LogP contribution in [0.5, 0.6) is 0 Å². The van der Waals surface area contributed by atoms with Gasteiger partial charge in [0.25, 0.3) is 0 Å². The molecule has 0 atom stereocenters. The SMILES string of the molecule is CC(=O)CNc1cc(Nc2ccncc2)nc(C)n1. The largest absolute Gasteiger partial charge is 0.363 e. The van der Waals surface area contributed by atoms with Crippen LogP contribution in [0.15, 0.2) is 30.6 Å². The summed E-state index contributed by atoms with van der Waals surface area (Å²) in [7, 11) is 0. The lowest BCUT2D eigenvalue weighted by Gasteiger charge is -2.09. The number of rotatable bonds is 5. The number of ketones is 1. The van der Waals surface area contributed by atoms with Gasteiger partial charge in [-0.05, 0) is 26.0 Å². The van der Waals surface area contributed by atoms with E-state index in [1.54, 1.807) is 25.4 Å². The van der Waals surface area contributed by atoms with Crippen LogP contribution >= 0.6 is 0 Å². The third-order valence-electron chi connectivity index (χ3n) is 2.31. The van der Waals surface area contributed by atoms with Gasteiger partial charge in [0.2, 0.25) is 0 Å². The van der Waals surface area contributed by atoms with E-state index in [0.717, 1.165) is 5.69 Å². The van der Waals surface area contributed by atoms with E-state index >= 15 is 0 Å². The fraction of sp³-hybridized carbons (Fsp3) is 0.231. The van der Waals surface area contributed by atoms with E-state index in [2.05, 4.69) is 25.6 Å². The Hall–Kier alpha value is -2.50. The molecule has 2 rings (SSSR count). The standard InChI is InChI=1S/C13H15N5O/c1-9(19)8-15-12-7-13(17-10(2)16-12)18-11-3-5-14-6-4-11/h3-7H,8H2,1-2H3,(H2,14,15,16,17,18). The zero-order valence-electron chi connectivity index (χ0n) is 10.8. The zero-order valence-corrected chi connectivity index (χ0v) is 10.8. The van der Waals surface area contributed by atoms with Crippen molar-refractivity contribution in [3.05, 3.63) is 36.4 Å². The van der Waals surface area contributed by atoms with Crippen LogP contribution < -0.4 is 10.6 Å². The normalized spacial score (nSPS) is 10.0. The highest BCUT2D eigenvalue weighted by molar-refractivity contribution is 5.80. The van der Waals surface area contributed by atoms with Crippen molar-refractivity contribution in [1.29, 1.82) is 0 Å². The van der Waals surface area contributed by atoms with Crippen molar-refractivity contribution in [2.75, 3.05) is 17.2 Å². The molecule has 0 aliphatic rings. The van der Waals surface area contributed by atoms with Crippen LogP contribution in [0.4, 0.5) is 17.3 Å². The summed E-state index contributed by atoms with van der Waals surface area (Å²) in [6.07, 6.45) is 3.40. The van der Waals surface area contributed by atoms with Crippen molar-refractivity contribution in [3.63, 3.8) is 0 Å². The Morgan fingerprint density at radius 2 is 1.89 bits per heavy atom. The number of carbonyl (C=O) groups excluding carboxylic acids is 1. The second-order valence-corrected chi connectivity index (χ2v) is 4.10. The van der Waals surface area contributed by atoms with Crippen molar-refractivity contribution in [2.45, 2.75) is 13.8 Å². The minimum Gasteiger partial charge on any atom is -0.363 e. The Bertz CT molecular complexity index is 571. The van der Waals surface area contributed by atoms with Gasteiger partial charge in [0.1, 0.15) is 23.2 Å². The summed E-state index contributed by atoms with van der Waals surface area (Å²) >= 11 is 0. The molecule has 0 unspecified atom stereocenters. The Labute approximate surface area is 111 Å². The van der Waals surface area contributed by atoms with Gasteiger partial charge in [-0.25, -0.2) is 9.97 Å². The van der Waals surface area contributed by atoms with Crippen molar-refractivity contribution in [3.8, 4) is 0 Å². The molecule has 2 heterocycles. The maximum absolute atomic E-state index is 10.9. The molecule has 6 heteroatoms. The minimum atomic E-state index is 0.0555. The van der Waals surface area contributed by atoms with Gasteiger partial charge in [0.15, 0.2) is 0 Å². The smallest absolute Gasteiger partial charge is 0.148 e. The molecule has 0 radical (unpaired) electrons. The van der Waals surface area contributed by atoms with Crippen LogP contribution in [-0.2, 0) is 4.79 Å². The number of aromatic nitrogens is 3. The monoisotopic (exact) mass is 257 g/mol. The van der Waals surface area contributed by atoms with Gasteiger partial charge in [0, 0.05) is 24.1 Å². The topological polar surface area (TPSA) is 79.8 Å². The van der Waals surface area contributed by atoms with Crippen LogP contribution in [0.2, 0.25) is 0 Å². The number of carbonyl (C=O) groups is 1. The number of anilines is 3. The lowest BCUT2D eigenvalue weighted by Crippen LogP contribution is -2.12. The van der Waals surface area contributed by atoms with Gasteiger partial charge in [0.05, 0.1) is 6.54 Å². The van der Waals surface area contributed by atoms with E-state index in [0.29, 0.717) is 17.5 Å². The Kier molecular flexibility index (Phi) is 4.02. The summed E-state index contributed by atoms with van der Waals surface area (Å²) in [5, 5.41) is 6.11. The molecule has 98 valence electrons. The van der Waals surface area contributed by atoms with E-state index in [4.69, 9.17) is 0 Å². The highest BCUT2D eigenvalue weighted by atomic mass is 16.1. The molecular weight excluding hydrogens is 242 g/mol. The van der Waals surface area contributed by atoms with Crippen molar-refractivity contribution >= 4 is 23.1 Å². The maximum atomic E-state index is 10.9. The predicted octanol–water partition coefficient (Wildman–Crippen LogP) is 1.92. The first-order valence-electron chi connectivity index (χ1n) is 5.89. The fourth-order valence-electron chi connectivity index (χ4n) is 1.52. The first kappa shape index (κ1) is 12.9. The quantitative estimate of drug-likeness (QED) is 0.852. The Morgan fingerprint density at radius 3 is 2.58 bits per heavy atom. The molecule has 0 aromatic carbocycles. The number of hydrogen-bond donors (Lipinski definition) is 2. The number of hydrogen-bond acceptors (Lipinski definition) is 6. The van der Waals surface area contributed by atoms with Gasteiger partial charge in [-0.15, -0.1) is 0 Å². The maximum Gasteiger partial charge on any atom is 0.148 e. The van der Waals surface area contributed by atoms with Gasteiger partial charge in [-0.3, -0.25) is 9.78 Å². The summed E-state index contributed by atoms with van der Waals surface area (Å²) in [5.41, 5.74) is 0.894. The lowest BCUT2D eigenvalue weighted by molar-refractivity contribution is -0.115. The van der Waals surface area contributed by atoms with Gasteiger partial charge < -0.3 is 10.6 Å². The Morgan fingerprint density at radius 1 is 1.21 bits per heavy atom. The summed E-state index contributed by atoms with van der Waals surface area (Å²) in [6.45, 7) is 3.58. The molecule has 0 amide bonds. The number of nitrogens with one attached hydrogen (secondary N) is 2. The molecule has 0 spiro atoms. The fourth-order valence-corrected chi connectivity index (χ4v) is 1.52. The molecule has 2 aromatic heterocycles. The van der Waals surface area contributed by atoms with Gasteiger partial charge in [-0.1, -0.05) is 0 Å². The third kappa shape index (κ3) is 4.02. The molecule has 0 bridgehead atoms. The van der Waals surface area contributed by atoms with Gasteiger partial charge in [-0.2, -0.15) is 0 Å². The second-order valence-electron chi connectivity index (χ2n) is 4.10. The van der Waals surface area contributed by atoms with E-state index in [-0.39, 0.29) is 12.3 Å². The van der Waals surface area contributed by atoms with E-state index in [1.165, 1.54) is 6.92 Å². The van der Waals surface area contributed by atoms with Crippen molar-refractivity contribution in [1.82, 2.24) is 15.0 Å². The van der Waals surface area contributed by atoms with Crippen LogP contribution in [0.1, 0.15) is 12.7 Å². The Balaban J connectivity index is 2.14. The predicted molar refractivity (Wildman–Crippen MR) is 73.5 cm³/mol. The molecule has 0 aliphatic carbocycles. The molecule has 2 N–H and O–H groups in total. The van der Waals surface area contributed by atoms with Crippen LogP contribution in [0.3, 0.4) is 0 Å². The number of pyridine rings is 1.